The SMILES string of the molecule is CCCN(CCCCCC(C)C)CCCCCC(C)C. The molecule has 0 N–H and O–H groups in total. The zero-order valence-corrected chi connectivity index (χ0v) is 15.1. The molecule has 0 saturated heterocycles. The van der Waals surface area contributed by atoms with E-state index in [4.69, 9.17) is 0 Å². The lowest BCUT2D eigenvalue weighted by Gasteiger charge is -2.21. The predicted molar refractivity (Wildman–Crippen MR) is 93.3 cm³/mol. The molecule has 0 atom stereocenters. The molecule has 0 radical (unpaired) electrons. The second-order valence-corrected chi connectivity index (χ2v) is 7.33. The molecule has 0 unspecified atom stereocenters. The maximum atomic E-state index is 2.70. The summed E-state index contributed by atoms with van der Waals surface area (Å²) < 4.78 is 0. The zero-order valence-electron chi connectivity index (χ0n) is 15.1. The average Bonchev–Trinajstić information content (AvgIpc) is 2.37. The Morgan fingerprint density at radius 3 is 1.40 bits per heavy atom. The molecule has 0 aliphatic carbocycles. The molecule has 0 saturated carbocycles. The van der Waals surface area contributed by atoms with E-state index in [9.17, 15) is 0 Å². The van der Waals surface area contributed by atoms with Gasteiger partial charge in [0.1, 0.15) is 0 Å². The van der Waals surface area contributed by atoms with Crippen molar-refractivity contribution in [2.24, 2.45) is 11.8 Å². The van der Waals surface area contributed by atoms with Crippen LogP contribution in [0.3, 0.4) is 0 Å². The summed E-state index contributed by atoms with van der Waals surface area (Å²) in [5, 5.41) is 0. The third-order valence-electron chi connectivity index (χ3n) is 4.05. The first kappa shape index (κ1) is 20.0. The van der Waals surface area contributed by atoms with E-state index >= 15 is 0 Å². The first-order valence-electron chi connectivity index (χ1n) is 9.28. The quantitative estimate of drug-likeness (QED) is 0.346. The Morgan fingerprint density at radius 2 is 1.05 bits per heavy atom. The van der Waals surface area contributed by atoms with E-state index in [0.717, 1.165) is 11.8 Å². The van der Waals surface area contributed by atoms with Crippen molar-refractivity contribution in [1.82, 2.24) is 4.90 Å². The molecule has 0 spiro atoms. The lowest BCUT2D eigenvalue weighted by molar-refractivity contribution is 0.259. The summed E-state index contributed by atoms with van der Waals surface area (Å²) in [7, 11) is 0. The molecule has 0 aliphatic heterocycles. The molecule has 0 heterocycles. The highest BCUT2D eigenvalue weighted by atomic mass is 15.1. The van der Waals surface area contributed by atoms with Gasteiger partial charge in [-0.2, -0.15) is 0 Å². The Morgan fingerprint density at radius 1 is 0.600 bits per heavy atom. The van der Waals surface area contributed by atoms with Crippen LogP contribution < -0.4 is 0 Å². The third kappa shape index (κ3) is 14.4. The number of nitrogens with zero attached hydrogens (tertiary/aromatic N) is 1. The summed E-state index contributed by atoms with van der Waals surface area (Å²) in [4.78, 5) is 2.70. The molecule has 0 fully saturated rings. The summed E-state index contributed by atoms with van der Waals surface area (Å²) in [5.41, 5.74) is 0. The Hall–Kier alpha value is -0.0400. The number of hydrogen-bond donors (Lipinski definition) is 0. The van der Waals surface area contributed by atoms with E-state index in [2.05, 4.69) is 39.5 Å². The van der Waals surface area contributed by atoms with Crippen LogP contribution in [-0.4, -0.2) is 24.5 Å². The molecule has 20 heavy (non-hydrogen) atoms. The van der Waals surface area contributed by atoms with Crippen molar-refractivity contribution in [3.63, 3.8) is 0 Å². The van der Waals surface area contributed by atoms with Crippen LogP contribution in [0, 0.1) is 11.8 Å². The fourth-order valence-corrected chi connectivity index (χ4v) is 2.78. The molecule has 1 nitrogen and oxygen atoms in total. The molecule has 0 aromatic rings. The van der Waals surface area contributed by atoms with Crippen molar-refractivity contribution < 1.29 is 0 Å². The molecule has 0 amide bonds. The van der Waals surface area contributed by atoms with Crippen LogP contribution in [0.1, 0.15) is 92.4 Å². The Bertz CT molecular complexity index is 168. The minimum atomic E-state index is 0.878. The van der Waals surface area contributed by atoms with Crippen molar-refractivity contribution in [3.8, 4) is 0 Å². The molecule has 0 aromatic heterocycles. The fraction of sp³-hybridized carbons (Fsp3) is 1.00. The summed E-state index contributed by atoms with van der Waals surface area (Å²) in [6, 6.07) is 0. The van der Waals surface area contributed by atoms with E-state index in [1.807, 2.05) is 0 Å². The topological polar surface area (TPSA) is 3.24 Å². The van der Waals surface area contributed by atoms with Crippen molar-refractivity contribution in [1.29, 1.82) is 0 Å². The second-order valence-electron chi connectivity index (χ2n) is 7.33. The number of hydrogen-bond acceptors (Lipinski definition) is 1. The summed E-state index contributed by atoms with van der Waals surface area (Å²) >= 11 is 0. The average molecular weight is 284 g/mol. The van der Waals surface area contributed by atoms with E-state index in [1.165, 1.54) is 77.4 Å². The lowest BCUT2D eigenvalue weighted by Crippen LogP contribution is -2.27. The minimum Gasteiger partial charge on any atom is -0.303 e. The Balaban J connectivity index is 3.55. The van der Waals surface area contributed by atoms with E-state index in [1.54, 1.807) is 0 Å². The first-order valence-corrected chi connectivity index (χ1v) is 9.28. The molecule has 0 rings (SSSR count). The highest BCUT2D eigenvalue weighted by Gasteiger charge is 2.04. The smallest absolute Gasteiger partial charge is 0.00187 e. The maximum Gasteiger partial charge on any atom is -0.00187 e. The van der Waals surface area contributed by atoms with Crippen LogP contribution in [0.4, 0.5) is 0 Å². The Labute approximate surface area is 129 Å². The lowest BCUT2D eigenvalue weighted by atomic mass is 10.0. The predicted octanol–water partition coefficient (Wildman–Crippen LogP) is 6.13. The summed E-state index contributed by atoms with van der Waals surface area (Å²) in [6.45, 7) is 15.6. The number of unbranched alkanes of at least 4 members (excludes halogenated alkanes) is 4. The second kappa shape index (κ2) is 13.9. The highest BCUT2D eigenvalue weighted by Crippen LogP contribution is 2.11. The van der Waals surface area contributed by atoms with Gasteiger partial charge in [0.15, 0.2) is 0 Å². The van der Waals surface area contributed by atoms with E-state index in [-0.39, 0.29) is 0 Å². The monoisotopic (exact) mass is 283 g/mol. The first-order chi connectivity index (χ1) is 9.56. The van der Waals surface area contributed by atoms with Gasteiger partial charge in [-0.1, -0.05) is 73.1 Å². The minimum absolute atomic E-state index is 0.878. The summed E-state index contributed by atoms with van der Waals surface area (Å²) in [6.07, 6.45) is 12.6. The van der Waals surface area contributed by atoms with Crippen LogP contribution in [-0.2, 0) is 0 Å². The van der Waals surface area contributed by atoms with Gasteiger partial charge >= 0.3 is 0 Å². The van der Waals surface area contributed by atoms with Gasteiger partial charge in [0, 0.05) is 0 Å². The van der Waals surface area contributed by atoms with Gasteiger partial charge < -0.3 is 4.90 Å². The molecule has 122 valence electrons. The van der Waals surface area contributed by atoms with E-state index in [0.29, 0.717) is 0 Å². The Kier molecular flexibility index (Phi) is 13.9. The summed E-state index contributed by atoms with van der Waals surface area (Å²) in [5.74, 6) is 1.76. The third-order valence-corrected chi connectivity index (χ3v) is 4.05. The van der Waals surface area contributed by atoms with Crippen molar-refractivity contribution in [2.75, 3.05) is 19.6 Å². The molecular weight excluding hydrogens is 242 g/mol. The van der Waals surface area contributed by atoms with Gasteiger partial charge in [0.2, 0.25) is 0 Å². The van der Waals surface area contributed by atoms with Crippen molar-refractivity contribution >= 4 is 0 Å². The number of rotatable bonds is 14. The van der Waals surface area contributed by atoms with Gasteiger partial charge in [0.05, 0.1) is 0 Å². The van der Waals surface area contributed by atoms with Gasteiger partial charge in [-0.25, -0.2) is 0 Å². The molecule has 0 bridgehead atoms. The largest absolute Gasteiger partial charge is 0.303 e. The van der Waals surface area contributed by atoms with Gasteiger partial charge in [-0.05, 0) is 50.7 Å². The van der Waals surface area contributed by atoms with Crippen LogP contribution in [0.2, 0.25) is 0 Å². The molecule has 0 aliphatic rings. The fourth-order valence-electron chi connectivity index (χ4n) is 2.78. The molecule has 0 aromatic carbocycles. The van der Waals surface area contributed by atoms with Crippen molar-refractivity contribution in [3.05, 3.63) is 0 Å². The van der Waals surface area contributed by atoms with Crippen molar-refractivity contribution in [2.45, 2.75) is 92.4 Å². The van der Waals surface area contributed by atoms with Gasteiger partial charge in [-0.15, -0.1) is 0 Å². The van der Waals surface area contributed by atoms with Gasteiger partial charge in [0.25, 0.3) is 0 Å². The highest BCUT2D eigenvalue weighted by molar-refractivity contribution is 4.59. The zero-order chi connectivity index (χ0) is 15.2. The van der Waals surface area contributed by atoms with Crippen LogP contribution >= 0.6 is 0 Å². The molecule has 1 heteroatoms. The maximum absolute atomic E-state index is 2.70. The van der Waals surface area contributed by atoms with Crippen LogP contribution in [0.5, 0.6) is 0 Å². The van der Waals surface area contributed by atoms with Crippen LogP contribution in [0.25, 0.3) is 0 Å². The standard InChI is InChI=1S/C19H41N/c1-6-15-20(16-11-7-9-13-18(2)3)17-12-8-10-14-19(4)5/h18-19H,6-17H2,1-5H3. The van der Waals surface area contributed by atoms with Crippen LogP contribution in [0.15, 0.2) is 0 Å². The molecular formula is C19H41N. The normalized spacial score (nSPS) is 12.0. The van der Waals surface area contributed by atoms with E-state index < -0.39 is 0 Å². The van der Waals surface area contributed by atoms with Gasteiger partial charge in [-0.3, -0.25) is 0 Å².